The zero-order chi connectivity index (χ0) is 14.7. The van der Waals surface area contributed by atoms with Gasteiger partial charge < -0.3 is 9.72 Å². The third-order valence-electron chi connectivity index (χ3n) is 3.19. The van der Waals surface area contributed by atoms with Crippen LogP contribution in [0.5, 0.6) is 0 Å². The molecule has 0 aliphatic carbocycles. The van der Waals surface area contributed by atoms with E-state index in [0.29, 0.717) is 6.61 Å². The topological polar surface area (TPSA) is 42.1 Å². The zero-order valence-corrected chi connectivity index (χ0v) is 12.4. The van der Waals surface area contributed by atoms with E-state index in [1.807, 2.05) is 41.8 Å². The Morgan fingerprint density at radius 1 is 1.29 bits per heavy atom. The normalized spacial score (nSPS) is 11.3. The van der Waals surface area contributed by atoms with Gasteiger partial charge in [-0.25, -0.2) is 4.79 Å². The summed E-state index contributed by atoms with van der Waals surface area (Å²) in [5, 5.41) is 3.14. The molecular weight excluding hydrogens is 282 g/mol. The standard InChI is InChI=1S/C17H15NO2S/c1-2-20-16(19)10-9-13-12-6-3-4-7-14(12)18-17(13)15-8-5-11-21-15/h3-11,18H,2H2,1H3/b10-9+. The zero-order valence-electron chi connectivity index (χ0n) is 11.6. The predicted octanol–water partition coefficient (Wildman–Crippen LogP) is 4.47. The molecule has 0 bridgehead atoms. The molecule has 0 aliphatic heterocycles. The van der Waals surface area contributed by atoms with E-state index in [2.05, 4.69) is 11.1 Å². The lowest BCUT2D eigenvalue weighted by molar-refractivity contribution is -0.137. The highest BCUT2D eigenvalue weighted by atomic mass is 32.1. The Balaban J connectivity index is 2.10. The van der Waals surface area contributed by atoms with Crippen LogP contribution in [0.25, 0.3) is 27.6 Å². The van der Waals surface area contributed by atoms with Crippen LogP contribution in [0.2, 0.25) is 0 Å². The number of aromatic amines is 1. The third-order valence-corrected chi connectivity index (χ3v) is 4.07. The van der Waals surface area contributed by atoms with Gasteiger partial charge in [-0.3, -0.25) is 0 Å². The number of fused-ring (bicyclic) bond motifs is 1. The molecule has 0 unspecified atom stereocenters. The number of thiophene rings is 1. The first kappa shape index (κ1) is 13.6. The molecule has 0 fully saturated rings. The maximum absolute atomic E-state index is 11.6. The molecule has 0 atom stereocenters. The van der Waals surface area contributed by atoms with Gasteiger partial charge in [0.05, 0.1) is 17.2 Å². The van der Waals surface area contributed by atoms with Crippen molar-refractivity contribution in [2.24, 2.45) is 0 Å². The highest BCUT2D eigenvalue weighted by Crippen LogP contribution is 2.33. The van der Waals surface area contributed by atoms with Crippen molar-refractivity contribution in [3.8, 4) is 10.6 Å². The molecule has 1 N–H and O–H groups in total. The van der Waals surface area contributed by atoms with E-state index in [9.17, 15) is 4.79 Å². The predicted molar refractivity (Wildman–Crippen MR) is 87.3 cm³/mol. The summed E-state index contributed by atoms with van der Waals surface area (Å²) in [5.41, 5.74) is 3.11. The number of benzene rings is 1. The summed E-state index contributed by atoms with van der Waals surface area (Å²) < 4.78 is 4.95. The van der Waals surface area contributed by atoms with Crippen molar-refractivity contribution < 1.29 is 9.53 Å². The van der Waals surface area contributed by atoms with Crippen LogP contribution in [-0.4, -0.2) is 17.6 Å². The van der Waals surface area contributed by atoms with Crippen molar-refractivity contribution in [3.05, 3.63) is 53.4 Å². The molecule has 0 aliphatic rings. The molecule has 0 radical (unpaired) electrons. The molecule has 106 valence electrons. The van der Waals surface area contributed by atoms with Crippen molar-refractivity contribution in [3.63, 3.8) is 0 Å². The first-order chi connectivity index (χ1) is 10.3. The van der Waals surface area contributed by atoms with Crippen molar-refractivity contribution in [2.75, 3.05) is 6.61 Å². The minimum absolute atomic E-state index is 0.320. The number of esters is 1. The van der Waals surface area contributed by atoms with Crippen LogP contribution < -0.4 is 0 Å². The number of rotatable bonds is 4. The molecule has 0 spiro atoms. The molecule has 0 saturated heterocycles. The summed E-state index contributed by atoms with van der Waals surface area (Å²) >= 11 is 1.67. The highest BCUT2D eigenvalue weighted by molar-refractivity contribution is 7.13. The molecule has 2 heterocycles. The lowest BCUT2D eigenvalue weighted by Gasteiger charge is -1.98. The summed E-state index contributed by atoms with van der Waals surface area (Å²) in [5.74, 6) is -0.320. The smallest absolute Gasteiger partial charge is 0.330 e. The van der Waals surface area contributed by atoms with Crippen LogP contribution in [0.4, 0.5) is 0 Å². The number of carbonyl (C=O) groups is 1. The van der Waals surface area contributed by atoms with E-state index >= 15 is 0 Å². The number of nitrogens with one attached hydrogen (secondary N) is 1. The fourth-order valence-electron chi connectivity index (χ4n) is 2.29. The van der Waals surface area contributed by atoms with Crippen LogP contribution >= 0.6 is 11.3 Å². The minimum Gasteiger partial charge on any atom is -0.463 e. The molecule has 3 rings (SSSR count). The maximum atomic E-state index is 11.6. The van der Waals surface area contributed by atoms with Gasteiger partial charge in [-0.1, -0.05) is 24.3 Å². The summed E-state index contributed by atoms with van der Waals surface area (Å²) in [6.07, 6.45) is 3.31. The molecule has 0 amide bonds. The second-order valence-electron chi connectivity index (χ2n) is 4.52. The largest absolute Gasteiger partial charge is 0.463 e. The van der Waals surface area contributed by atoms with Gasteiger partial charge in [0.15, 0.2) is 0 Å². The Morgan fingerprint density at radius 2 is 2.14 bits per heavy atom. The summed E-state index contributed by atoms with van der Waals surface area (Å²) in [6.45, 7) is 2.18. The molecule has 2 aromatic heterocycles. The van der Waals surface area contributed by atoms with Gasteiger partial charge in [0, 0.05) is 22.5 Å². The van der Waals surface area contributed by atoms with Gasteiger partial charge in [0.2, 0.25) is 0 Å². The second-order valence-corrected chi connectivity index (χ2v) is 5.47. The number of carbonyl (C=O) groups excluding carboxylic acids is 1. The SMILES string of the molecule is CCOC(=O)/C=C/c1c(-c2cccs2)[nH]c2ccccc12. The van der Waals surface area contributed by atoms with E-state index in [0.717, 1.165) is 27.0 Å². The van der Waals surface area contributed by atoms with Crippen LogP contribution in [0, 0.1) is 0 Å². The lowest BCUT2D eigenvalue weighted by Crippen LogP contribution is -1.98. The van der Waals surface area contributed by atoms with Crippen molar-refractivity contribution in [1.82, 2.24) is 4.98 Å². The van der Waals surface area contributed by atoms with Gasteiger partial charge >= 0.3 is 5.97 Å². The quantitative estimate of drug-likeness (QED) is 0.570. The Bertz CT molecular complexity index is 784. The van der Waals surface area contributed by atoms with Gasteiger partial charge in [0.1, 0.15) is 0 Å². The lowest BCUT2D eigenvalue weighted by atomic mass is 10.1. The second kappa shape index (κ2) is 5.97. The molecule has 3 aromatic rings. The molecule has 4 heteroatoms. The number of hydrogen-bond donors (Lipinski definition) is 1. The Kier molecular flexibility index (Phi) is 3.88. The van der Waals surface area contributed by atoms with Gasteiger partial charge in [-0.15, -0.1) is 11.3 Å². The molecule has 3 nitrogen and oxygen atoms in total. The maximum Gasteiger partial charge on any atom is 0.330 e. The first-order valence-electron chi connectivity index (χ1n) is 6.79. The van der Waals surface area contributed by atoms with E-state index in [4.69, 9.17) is 4.74 Å². The van der Waals surface area contributed by atoms with Gasteiger partial charge in [-0.2, -0.15) is 0 Å². The Morgan fingerprint density at radius 3 is 2.90 bits per heavy atom. The number of para-hydroxylation sites is 1. The first-order valence-corrected chi connectivity index (χ1v) is 7.67. The average Bonchev–Trinajstić information content (AvgIpc) is 3.13. The molecule has 1 aromatic carbocycles. The van der Waals surface area contributed by atoms with Crippen LogP contribution in [0.1, 0.15) is 12.5 Å². The van der Waals surface area contributed by atoms with E-state index in [1.165, 1.54) is 6.08 Å². The van der Waals surface area contributed by atoms with Crippen LogP contribution in [0.15, 0.2) is 47.9 Å². The number of H-pyrrole nitrogens is 1. The highest BCUT2D eigenvalue weighted by Gasteiger charge is 2.11. The fourth-order valence-corrected chi connectivity index (χ4v) is 3.03. The summed E-state index contributed by atoms with van der Waals surface area (Å²) in [4.78, 5) is 16.1. The van der Waals surface area contributed by atoms with Gasteiger partial charge in [-0.05, 0) is 30.5 Å². The van der Waals surface area contributed by atoms with E-state index in [-0.39, 0.29) is 5.97 Å². The van der Waals surface area contributed by atoms with Crippen LogP contribution in [-0.2, 0) is 9.53 Å². The van der Waals surface area contributed by atoms with Gasteiger partial charge in [0.25, 0.3) is 0 Å². The number of ether oxygens (including phenoxy) is 1. The third kappa shape index (κ3) is 2.76. The Hall–Kier alpha value is -2.33. The van der Waals surface area contributed by atoms with E-state index < -0.39 is 0 Å². The average molecular weight is 297 g/mol. The molecular formula is C17H15NO2S. The Labute approximate surface area is 126 Å². The number of aromatic nitrogens is 1. The summed E-state index contributed by atoms with van der Waals surface area (Å²) in [6, 6.07) is 12.2. The van der Waals surface area contributed by atoms with E-state index in [1.54, 1.807) is 18.3 Å². The fraction of sp³-hybridized carbons (Fsp3) is 0.118. The summed E-state index contributed by atoms with van der Waals surface area (Å²) in [7, 11) is 0. The molecule has 21 heavy (non-hydrogen) atoms. The number of hydrogen-bond acceptors (Lipinski definition) is 3. The van der Waals surface area contributed by atoms with Crippen molar-refractivity contribution in [2.45, 2.75) is 6.92 Å². The molecule has 0 saturated carbocycles. The minimum atomic E-state index is -0.320. The van der Waals surface area contributed by atoms with Crippen molar-refractivity contribution in [1.29, 1.82) is 0 Å². The van der Waals surface area contributed by atoms with Crippen LogP contribution in [0.3, 0.4) is 0 Å². The van der Waals surface area contributed by atoms with Crippen molar-refractivity contribution >= 4 is 34.3 Å². The monoisotopic (exact) mass is 297 g/mol.